The molecule has 68 valence electrons. The van der Waals surface area contributed by atoms with E-state index in [1.54, 1.807) is 13.8 Å². The van der Waals surface area contributed by atoms with Crippen LogP contribution in [-0.2, 0) is 19.1 Å². The van der Waals surface area contributed by atoms with Gasteiger partial charge in [-0.05, 0) is 13.8 Å². The van der Waals surface area contributed by atoms with E-state index < -0.39 is 24.1 Å². The number of aliphatic carboxylic acids is 1. The predicted octanol–water partition coefficient (Wildman–Crippen LogP) is -0.210. The van der Waals surface area contributed by atoms with Crippen molar-refractivity contribution in [2.75, 3.05) is 0 Å². The average molecular weight is 174 g/mol. The van der Waals surface area contributed by atoms with Crippen LogP contribution in [0.15, 0.2) is 0 Å². The summed E-state index contributed by atoms with van der Waals surface area (Å²) in [6.45, 7) is 3.38. The Morgan fingerprint density at radius 2 is 2.00 bits per heavy atom. The fraction of sp³-hybridized carbons (Fsp3) is 0.714. The van der Waals surface area contributed by atoms with Crippen LogP contribution >= 0.6 is 0 Å². The second-order valence-corrected chi connectivity index (χ2v) is 2.80. The predicted molar refractivity (Wildman–Crippen MR) is 37.5 cm³/mol. The lowest BCUT2D eigenvalue weighted by molar-refractivity contribution is -0.149. The summed E-state index contributed by atoms with van der Waals surface area (Å²) in [6.07, 6.45) is -2.14. The van der Waals surface area contributed by atoms with E-state index in [-0.39, 0.29) is 6.10 Å². The number of carbonyl (C=O) groups excluding carboxylic acids is 1. The Morgan fingerprint density at radius 3 is 2.33 bits per heavy atom. The van der Waals surface area contributed by atoms with Gasteiger partial charge in [-0.2, -0.15) is 0 Å². The molecule has 0 aromatic heterocycles. The molecule has 0 unspecified atom stereocenters. The summed E-state index contributed by atoms with van der Waals surface area (Å²) in [7, 11) is 0. The van der Waals surface area contributed by atoms with Gasteiger partial charge < -0.3 is 14.6 Å². The maximum atomic E-state index is 10.9. The molecule has 0 spiro atoms. The minimum Gasteiger partial charge on any atom is -0.479 e. The van der Waals surface area contributed by atoms with Crippen molar-refractivity contribution in [2.45, 2.75) is 32.2 Å². The van der Waals surface area contributed by atoms with Crippen LogP contribution in [-0.4, -0.2) is 35.4 Å². The standard InChI is InChI=1S/C7H10O5/c1-3(2)11-7(10)5-4(12-5)6(8)9/h3-5H,1-2H3,(H,8,9)/t4-,5+/m0/s1. The third-order valence-corrected chi connectivity index (χ3v) is 1.32. The van der Waals surface area contributed by atoms with Gasteiger partial charge >= 0.3 is 11.9 Å². The first-order valence-electron chi connectivity index (χ1n) is 3.61. The van der Waals surface area contributed by atoms with Crippen molar-refractivity contribution >= 4 is 11.9 Å². The largest absolute Gasteiger partial charge is 0.479 e. The first kappa shape index (κ1) is 8.99. The zero-order valence-corrected chi connectivity index (χ0v) is 6.81. The average Bonchev–Trinajstić information content (AvgIpc) is 2.61. The Kier molecular flexibility index (Phi) is 2.32. The molecule has 1 aliphatic rings. The minimum atomic E-state index is -1.12. The number of esters is 1. The van der Waals surface area contributed by atoms with Gasteiger partial charge in [-0.25, -0.2) is 9.59 Å². The van der Waals surface area contributed by atoms with Crippen LogP contribution < -0.4 is 0 Å². The van der Waals surface area contributed by atoms with E-state index in [9.17, 15) is 9.59 Å². The maximum absolute atomic E-state index is 10.9. The highest BCUT2D eigenvalue weighted by Gasteiger charge is 2.52. The van der Waals surface area contributed by atoms with Crippen molar-refractivity contribution in [3.05, 3.63) is 0 Å². The van der Waals surface area contributed by atoms with Gasteiger partial charge in [0.15, 0.2) is 12.2 Å². The van der Waals surface area contributed by atoms with E-state index in [4.69, 9.17) is 9.84 Å². The summed E-state index contributed by atoms with van der Waals surface area (Å²) >= 11 is 0. The number of rotatable bonds is 3. The summed E-state index contributed by atoms with van der Waals surface area (Å²) < 4.78 is 9.29. The third-order valence-electron chi connectivity index (χ3n) is 1.32. The highest BCUT2D eigenvalue weighted by Crippen LogP contribution is 2.23. The molecule has 5 nitrogen and oxygen atoms in total. The fourth-order valence-corrected chi connectivity index (χ4v) is 0.779. The summed E-state index contributed by atoms with van der Waals surface area (Å²) in [5.74, 6) is -1.72. The van der Waals surface area contributed by atoms with Crippen LogP contribution in [0.1, 0.15) is 13.8 Å². The van der Waals surface area contributed by atoms with Crippen molar-refractivity contribution in [1.82, 2.24) is 0 Å². The Morgan fingerprint density at radius 1 is 1.42 bits per heavy atom. The quantitative estimate of drug-likeness (QED) is 0.473. The lowest BCUT2D eigenvalue weighted by Crippen LogP contribution is -2.21. The number of epoxide rings is 1. The van der Waals surface area contributed by atoms with Gasteiger partial charge in [-0.3, -0.25) is 0 Å². The highest BCUT2D eigenvalue weighted by atomic mass is 16.7. The summed E-state index contributed by atoms with van der Waals surface area (Å²) in [4.78, 5) is 21.1. The molecule has 1 fully saturated rings. The highest BCUT2D eigenvalue weighted by molar-refractivity contribution is 5.89. The van der Waals surface area contributed by atoms with Gasteiger partial charge in [-0.15, -0.1) is 0 Å². The van der Waals surface area contributed by atoms with Crippen LogP contribution in [0.2, 0.25) is 0 Å². The molecule has 0 aromatic carbocycles. The fourth-order valence-electron chi connectivity index (χ4n) is 0.779. The zero-order chi connectivity index (χ0) is 9.30. The number of carboxylic acids is 1. The van der Waals surface area contributed by atoms with Gasteiger partial charge in [0.1, 0.15) is 0 Å². The molecule has 0 amide bonds. The van der Waals surface area contributed by atoms with E-state index in [0.717, 1.165) is 0 Å². The molecular weight excluding hydrogens is 164 g/mol. The molecule has 0 aliphatic carbocycles. The van der Waals surface area contributed by atoms with Crippen LogP contribution in [0.25, 0.3) is 0 Å². The number of carbonyl (C=O) groups is 2. The van der Waals surface area contributed by atoms with E-state index >= 15 is 0 Å². The lowest BCUT2D eigenvalue weighted by Gasteiger charge is -2.04. The molecule has 1 rings (SSSR count). The number of carboxylic acid groups (broad SMARTS) is 1. The molecule has 1 heterocycles. The molecule has 1 N–H and O–H groups in total. The van der Waals surface area contributed by atoms with Crippen molar-refractivity contribution in [3.63, 3.8) is 0 Å². The Labute approximate surface area is 69.3 Å². The molecule has 0 bridgehead atoms. The first-order chi connectivity index (χ1) is 5.52. The maximum Gasteiger partial charge on any atom is 0.338 e. The van der Waals surface area contributed by atoms with Gasteiger partial charge in [0.2, 0.25) is 0 Å². The molecule has 1 aliphatic heterocycles. The van der Waals surface area contributed by atoms with Crippen LogP contribution in [0, 0.1) is 0 Å². The van der Waals surface area contributed by atoms with E-state index in [2.05, 4.69) is 4.74 Å². The van der Waals surface area contributed by atoms with Gasteiger partial charge in [-0.1, -0.05) is 0 Å². The van der Waals surface area contributed by atoms with Crippen LogP contribution in [0.3, 0.4) is 0 Å². The van der Waals surface area contributed by atoms with E-state index in [1.807, 2.05) is 0 Å². The van der Waals surface area contributed by atoms with Crippen LogP contribution in [0.5, 0.6) is 0 Å². The van der Waals surface area contributed by atoms with Crippen molar-refractivity contribution in [2.24, 2.45) is 0 Å². The Hall–Kier alpha value is -1.10. The van der Waals surface area contributed by atoms with E-state index in [1.165, 1.54) is 0 Å². The Balaban J connectivity index is 2.33. The Bertz CT molecular complexity index is 210. The number of hydrogen-bond acceptors (Lipinski definition) is 4. The summed E-state index contributed by atoms with van der Waals surface area (Å²) in [5.41, 5.74) is 0. The van der Waals surface area contributed by atoms with Gasteiger partial charge in [0, 0.05) is 0 Å². The molecule has 2 atom stereocenters. The molecular formula is C7H10O5. The lowest BCUT2D eigenvalue weighted by atomic mass is 10.3. The molecule has 0 radical (unpaired) electrons. The zero-order valence-electron chi connectivity index (χ0n) is 6.81. The van der Waals surface area contributed by atoms with Crippen molar-refractivity contribution < 1.29 is 24.2 Å². The van der Waals surface area contributed by atoms with E-state index in [0.29, 0.717) is 0 Å². The SMILES string of the molecule is CC(C)OC(=O)[C@@H]1O[C@@H]1C(=O)O. The monoisotopic (exact) mass is 174 g/mol. The van der Waals surface area contributed by atoms with Crippen LogP contribution in [0.4, 0.5) is 0 Å². The van der Waals surface area contributed by atoms with Gasteiger partial charge in [0.05, 0.1) is 6.10 Å². The summed E-state index contributed by atoms with van der Waals surface area (Å²) in [5, 5.41) is 8.37. The van der Waals surface area contributed by atoms with Crippen molar-refractivity contribution in [1.29, 1.82) is 0 Å². The van der Waals surface area contributed by atoms with Crippen molar-refractivity contribution in [3.8, 4) is 0 Å². The molecule has 12 heavy (non-hydrogen) atoms. The topological polar surface area (TPSA) is 76.1 Å². The van der Waals surface area contributed by atoms with Gasteiger partial charge in [0.25, 0.3) is 0 Å². The number of hydrogen-bond donors (Lipinski definition) is 1. The molecule has 0 saturated carbocycles. The molecule has 5 heteroatoms. The molecule has 0 aromatic rings. The smallest absolute Gasteiger partial charge is 0.338 e. The second kappa shape index (κ2) is 3.10. The third kappa shape index (κ3) is 1.94. The normalized spacial score (nSPS) is 26.9. The molecule has 1 saturated heterocycles. The minimum absolute atomic E-state index is 0.240. The number of ether oxygens (including phenoxy) is 2. The summed E-state index contributed by atoms with van der Waals surface area (Å²) in [6, 6.07) is 0. The first-order valence-corrected chi connectivity index (χ1v) is 3.61. The second-order valence-electron chi connectivity index (χ2n) is 2.80.